The van der Waals surface area contributed by atoms with Crippen LogP contribution in [-0.2, 0) is 19.6 Å². The fourth-order valence-corrected chi connectivity index (χ4v) is 6.70. The Hall–Kier alpha value is -2.00. The molecule has 29 heavy (non-hydrogen) atoms. The third-order valence-corrected chi connectivity index (χ3v) is 8.70. The average molecular weight is 424 g/mol. The van der Waals surface area contributed by atoms with Gasteiger partial charge in [0.1, 0.15) is 5.82 Å². The van der Waals surface area contributed by atoms with E-state index in [4.69, 9.17) is 0 Å². The first-order chi connectivity index (χ1) is 13.8. The van der Waals surface area contributed by atoms with Crippen molar-refractivity contribution in [3.05, 3.63) is 30.1 Å². The van der Waals surface area contributed by atoms with Crippen molar-refractivity contribution in [2.45, 2.75) is 30.6 Å². The summed E-state index contributed by atoms with van der Waals surface area (Å²) in [5.74, 6) is -2.51. The molecule has 1 aromatic carbocycles. The van der Waals surface area contributed by atoms with E-state index in [2.05, 4.69) is 0 Å². The van der Waals surface area contributed by atoms with E-state index in [0.717, 1.165) is 37.8 Å². The number of carbonyl (C=O) groups excluding carboxylic acids is 1. The standard InChI is InChI=1S/C20H25FN2O5S/c21-15-5-7-16(8-6-15)29(27,28)23-11-9-22(10-12-23)19(24)17-13-1-3-14(4-2-13)18(17)20(25)26/h5-8,13-14,17-18H,1-4,9-12H2,(H,25,26)/t13?,14?,17-,18+/m1/s1. The van der Waals surface area contributed by atoms with Gasteiger partial charge in [-0.1, -0.05) is 0 Å². The van der Waals surface area contributed by atoms with Gasteiger partial charge in [0.2, 0.25) is 15.9 Å². The molecule has 0 radical (unpaired) electrons. The predicted octanol–water partition coefficient (Wildman–Crippen LogP) is 1.80. The molecule has 1 aromatic rings. The van der Waals surface area contributed by atoms with Gasteiger partial charge in [0.15, 0.2) is 0 Å². The second kappa shape index (κ2) is 7.68. The van der Waals surface area contributed by atoms with E-state index < -0.39 is 33.6 Å². The zero-order valence-electron chi connectivity index (χ0n) is 16.0. The van der Waals surface area contributed by atoms with Crippen molar-refractivity contribution in [2.75, 3.05) is 26.2 Å². The van der Waals surface area contributed by atoms with Crippen LogP contribution in [0.4, 0.5) is 4.39 Å². The first kappa shape index (κ1) is 20.3. The number of carbonyl (C=O) groups is 2. The Kier molecular flexibility index (Phi) is 5.37. The van der Waals surface area contributed by atoms with Gasteiger partial charge in [-0.05, 0) is 61.8 Å². The molecule has 0 spiro atoms. The summed E-state index contributed by atoms with van der Waals surface area (Å²) in [6, 6.07) is 4.68. The first-order valence-electron chi connectivity index (χ1n) is 10.1. The summed E-state index contributed by atoms with van der Waals surface area (Å²) >= 11 is 0. The number of aliphatic carboxylic acids is 1. The summed E-state index contributed by atoms with van der Waals surface area (Å²) < 4.78 is 39.9. The molecule has 3 saturated carbocycles. The molecule has 1 aliphatic heterocycles. The molecular formula is C20H25FN2O5S. The van der Waals surface area contributed by atoms with Gasteiger partial charge in [0.05, 0.1) is 16.7 Å². The molecule has 5 rings (SSSR count). The molecule has 0 aromatic heterocycles. The minimum Gasteiger partial charge on any atom is -0.481 e. The number of amides is 1. The third kappa shape index (κ3) is 3.66. The van der Waals surface area contributed by atoms with Gasteiger partial charge in [-0.25, -0.2) is 12.8 Å². The molecule has 158 valence electrons. The van der Waals surface area contributed by atoms with Crippen LogP contribution in [0.3, 0.4) is 0 Å². The van der Waals surface area contributed by atoms with E-state index in [1.165, 1.54) is 16.4 Å². The van der Waals surface area contributed by atoms with Gasteiger partial charge in [0.25, 0.3) is 0 Å². The number of rotatable bonds is 4. The molecule has 1 saturated heterocycles. The van der Waals surface area contributed by atoms with Crippen LogP contribution in [0, 0.1) is 29.5 Å². The highest BCUT2D eigenvalue weighted by atomic mass is 32.2. The summed E-state index contributed by atoms with van der Waals surface area (Å²) in [6.07, 6.45) is 3.53. The fraction of sp³-hybridized carbons (Fsp3) is 0.600. The SMILES string of the molecule is O=C(O)[C@H]1C2CCC(CC2)[C@H]1C(=O)N1CCN(S(=O)(=O)c2ccc(F)cc2)CC1. The summed E-state index contributed by atoms with van der Waals surface area (Å²) in [6.45, 7) is 0.757. The van der Waals surface area contributed by atoms with Crippen molar-refractivity contribution in [3.8, 4) is 0 Å². The minimum atomic E-state index is -3.75. The van der Waals surface area contributed by atoms with Crippen molar-refractivity contribution in [1.29, 1.82) is 0 Å². The highest BCUT2D eigenvalue weighted by molar-refractivity contribution is 7.89. The van der Waals surface area contributed by atoms with E-state index in [1.807, 2.05) is 0 Å². The molecule has 7 nitrogen and oxygen atoms in total. The molecule has 9 heteroatoms. The first-order valence-corrected chi connectivity index (χ1v) is 11.5. The number of sulfonamides is 1. The molecule has 1 N–H and O–H groups in total. The number of piperazine rings is 1. The van der Waals surface area contributed by atoms with Crippen molar-refractivity contribution in [3.63, 3.8) is 0 Å². The van der Waals surface area contributed by atoms with Crippen molar-refractivity contribution in [2.24, 2.45) is 23.7 Å². The summed E-state index contributed by atoms with van der Waals surface area (Å²) in [4.78, 5) is 26.6. The predicted molar refractivity (Wildman–Crippen MR) is 102 cm³/mol. The minimum absolute atomic E-state index is 0.0224. The van der Waals surface area contributed by atoms with E-state index >= 15 is 0 Å². The van der Waals surface area contributed by atoms with Crippen LogP contribution in [0.5, 0.6) is 0 Å². The normalized spacial score (nSPS) is 30.3. The molecular weight excluding hydrogens is 399 g/mol. The Bertz CT molecular complexity index is 888. The van der Waals surface area contributed by atoms with Crippen molar-refractivity contribution >= 4 is 21.9 Å². The van der Waals surface area contributed by atoms with Crippen LogP contribution < -0.4 is 0 Å². The quantitative estimate of drug-likeness (QED) is 0.795. The lowest BCUT2D eigenvalue weighted by molar-refractivity contribution is -0.162. The second-order valence-corrected chi connectivity index (χ2v) is 10.2. The number of nitrogens with zero attached hydrogens (tertiary/aromatic N) is 2. The van der Waals surface area contributed by atoms with Gasteiger partial charge >= 0.3 is 5.97 Å². The molecule has 0 unspecified atom stereocenters. The van der Waals surface area contributed by atoms with Gasteiger partial charge < -0.3 is 10.0 Å². The fourth-order valence-electron chi connectivity index (χ4n) is 5.28. The summed E-state index contributed by atoms with van der Waals surface area (Å²) in [5, 5.41) is 9.69. The maximum atomic E-state index is 13.2. The maximum Gasteiger partial charge on any atom is 0.307 e. The third-order valence-electron chi connectivity index (χ3n) is 6.79. The molecule has 4 aliphatic rings. The number of benzene rings is 1. The van der Waals surface area contributed by atoms with Crippen molar-refractivity contribution < 1.29 is 27.5 Å². The van der Waals surface area contributed by atoms with Crippen LogP contribution >= 0.6 is 0 Å². The average Bonchev–Trinajstić information content (AvgIpc) is 2.73. The Morgan fingerprint density at radius 2 is 1.41 bits per heavy atom. The zero-order chi connectivity index (χ0) is 20.8. The number of carboxylic acids is 1. The Balaban J connectivity index is 1.45. The summed E-state index contributed by atoms with van der Waals surface area (Å²) in [5.41, 5.74) is 0. The number of hydrogen-bond acceptors (Lipinski definition) is 4. The molecule has 3 aliphatic carbocycles. The number of hydrogen-bond donors (Lipinski definition) is 1. The van der Waals surface area contributed by atoms with Crippen LogP contribution in [0.25, 0.3) is 0 Å². The van der Waals surface area contributed by atoms with Crippen LogP contribution in [-0.4, -0.2) is 60.8 Å². The van der Waals surface area contributed by atoms with Crippen LogP contribution in [0.1, 0.15) is 25.7 Å². The van der Waals surface area contributed by atoms with Crippen molar-refractivity contribution in [1.82, 2.24) is 9.21 Å². The van der Waals surface area contributed by atoms with E-state index in [1.54, 1.807) is 4.90 Å². The topological polar surface area (TPSA) is 95.0 Å². The Morgan fingerprint density at radius 1 is 0.897 bits per heavy atom. The zero-order valence-corrected chi connectivity index (χ0v) is 16.9. The number of halogens is 1. The lowest BCUT2D eigenvalue weighted by atomic mass is 9.58. The molecule has 4 fully saturated rings. The number of carboxylic acid groups (broad SMARTS) is 1. The maximum absolute atomic E-state index is 13.2. The highest BCUT2D eigenvalue weighted by Crippen LogP contribution is 2.49. The second-order valence-electron chi connectivity index (χ2n) is 8.25. The monoisotopic (exact) mass is 424 g/mol. The van der Waals surface area contributed by atoms with Gasteiger partial charge in [0, 0.05) is 26.2 Å². The molecule has 2 bridgehead atoms. The Labute approximate surface area is 169 Å². The van der Waals surface area contributed by atoms with Gasteiger partial charge in [-0.15, -0.1) is 0 Å². The lowest BCUT2D eigenvalue weighted by Gasteiger charge is -2.48. The van der Waals surface area contributed by atoms with Gasteiger partial charge in [-0.3, -0.25) is 9.59 Å². The molecule has 1 heterocycles. The van der Waals surface area contributed by atoms with E-state index in [-0.39, 0.29) is 48.8 Å². The molecule has 1 amide bonds. The summed E-state index contributed by atoms with van der Waals surface area (Å²) in [7, 11) is -3.75. The van der Waals surface area contributed by atoms with E-state index in [9.17, 15) is 27.5 Å². The van der Waals surface area contributed by atoms with Crippen LogP contribution in [0.2, 0.25) is 0 Å². The van der Waals surface area contributed by atoms with Gasteiger partial charge in [-0.2, -0.15) is 4.31 Å². The Morgan fingerprint density at radius 3 is 1.93 bits per heavy atom. The lowest BCUT2D eigenvalue weighted by Crippen LogP contribution is -2.56. The highest BCUT2D eigenvalue weighted by Gasteiger charge is 2.51. The van der Waals surface area contributed by atoms with Crippen LogP contribution in [0.15, 0.2) is 29.2 Å². The molecule has 2 atom stereocenters. The smallest absolute Gasteiger partial charge is 0.307 e. The largest absolute Gasteiger partial charge is 0.481 e. The van der Waals surface area contributed by atoms with E-state index in [0.29, 0.717) is 0 Å². The number of fused-ring (bicyclic) bond motifs is 3.